The molecule has 0 aliphatic heterocycles. The van der Waals surface area contributed by atoms with Gasteiger partial charge in [-0.25, -0.2) is 0 Å². The van der Waals surface area contributed by atoms with Gasteiger partial charge in [0.15, 0.2) is 0 Å². The number of aryl methyl sites for hydroxylation is 1. The summed E-state index contributed by atoms with van der Waals surface area (Å²) in [5.74, 6) is 4.86. The maximum atomic E-state index is 12.0. The fourth-order valence-electron chi connectivity index (χ4n) is 1.50. The Morgan fingerprint density at radius 3 is 2.74 bits per heavy atom. The summed E-state index contributed by atoms with van der Waals surface area (Å²) in [5, 5.41) is 2.63. The molecule has 0 spiro atoms. The Bertz CT molecular complexity index is 541. The molecule has 1 rings (SSSR count). The zero-order chi connectivity index (χ0) is 14.3. The van der Waals surface area contributed by atoms with Crippen molar-refractivity contribution in [1.29, 1.82) is 0 Å². The molecule has 1 aromatic carbocycles. The topological polar surface area (TPSA) is 98.2 Å². The summed E-state index contributed by atoms with van der Waals surface area (Å²) in [7, 11) is 0. The van der Waals surface area contributed by atoms with Crippen molar-refractivity contribution >= 4 is 11.8 Å². The highest BCUT2D eigenvalue weighted by molar-refractivity contribution is 5.97. The largest absolute Gasteiger partial charge is 0.370 e. The number of hydrogen-bond donors (Lipinski definition) is 3. The smallest absolute Gasteiger partial charge is 0.252 e. The number of carbonyl (C=O) groups is 2. The summed E-state index contributed by atoms with van der Waals surface area (Å²) in [6, 6.07) is 5.36. The summed E-state index contributed by atoms with van der Waals surface area (Å²) in [6.07, 6.45) is 0.113. The van der Waals surface area contributed by atoms with Crippen LogP contribution < -0.4 is 16.8 Å². The monoisotopic (exact) mass is 259 g/mol. The van der Waals surface area contributed by atoms with E-state index in [1.807, 2.05) is 19.1 Å². The molecule has 0 atom stereocenters. The first-order valence-corrected chi connectivity index (χ1v) is 5.90. The quantitative estimate of drug-likeness (QED) is 0.659. The van der Waals surface area contributed by atoms with Crippen LogP contribution in [-0.4, -0.2) is 24.9 Å². The minimum Gasteiger partial charge on any atom is -0.370 e. The zero-order valence-corrected chi connectivity index (χ0v) is 10.8. The SMILES string of the molecule is Cc1ccc(C(=O)NCCC(N)=O)c(C#CCN)c1. The second-order valence-electron chi connectivity index (χ2n) is 4.03. The second-order valence-corrected chi connectivity index (χ2v) is 4.03. The van der Waals surface area contributed by atoms with E-state index in [0.29, 0.717) is 11.1 Å². The molecule has 5 nitrogen and oxygen atoms in total. The van der Waals surface area contributed by atoms with Gasteiger partial charge in [0, 0.05) is 18.5 Å². The van der Waals surface area contributed by atoms with Gasteiger partial charge in [0.2, 0.25) is 5.91 Å². The Kier molecular flexibility index (Phi) is 5.58. The van der Waals surface area contributed by atoms with Gasteiger partial charge in [0.05, 0.1) is 12.1 Å². The molecule has 0 unspecified atom stereocenters. The first-order valence-electron chi connectivity index (χ1n) is 5.90. The molecule has 2 amide bonds. The molecule has 19 heavy (non-hydrogen) atoms. The van der Waals surface area contributed by atoms with Crippen molar-refractivity contribution < 1.29 is 9.59 Å². The highest BCUT2D eigenvalue weighted by Gasteiger charge is 2.10. The number of benzene rings is 1. The van der Waals surface area contributed by atoms with Crippen LogP contribution in [0.15, 0.2) is 18.2 Å². The first kappa shape index (κ1) is 14.7. The Labute approximate surface area is 112 Å². The van der Waals surface area contributed by atoms with Crippen LogP contribution in [0.3, 0.4) is 0 Å². The Morgan fingerprint density at radius 1 is 1.37 bits per heavy atom. The number of nitrogens with one attached hydrogen (secondary N) is 1. The summed E-state index contributed by atoms with van der Waals surface area (Å²) >= 11 is 0. The molecule has 100 valence electrons. The lowest BCUT2D eigenvalue weighted by atomic mass is 10.0. The van der Waals surface area contributed by atoms with Crippen LogP contribution in [0.1, 0.15) is 27.9 Å². The molecule has 0 bridgehead atoms. The maximum absolute atomic E-state index is 12.0. The van der Waals surface area contributed by atoms with Crippen molar-refractivity contribution in [3.63, 3.8) is 0 Å². The number of nitrogens with two attached hydrogens (primary N) is 2. The fourth-order valence-corrected chi connectivity index (χ4v) is 1.50. The molecule has 0 aromatic heterocycles. The summed E-state index contributed by atoms with van der Waals surface area (Å²) in [4.78, 5) is 22.6. The summed E-state index contributed by atoms with van der Waals surface area (Å²) in [5.41, 5.74) is 12.4. The van der Waals surface area contributed by atoms with E-state index >= 15 is 0 Å². The predicted molar refractivity (Wildman–Crippen MR) is 73.3 cm³/mol. The van der Waals surface area contributed by atoms with Crippen LogP contribution in [0, 0.1) is 18.8 Å². The van der Waals surface area contributed by atoms with Crippen molar-refractivity contribution in [2.75, 3.05) is 13.1 Å². The van der Waals surface area contributed by atoms with Gasteiger partial charge in [-0.3, -0.25) is 9.59 Å². The molecular formula is C14H17N3O2. The molecule has 0 saturated heterocycles. The molecule has 0 aliphatic carbocycles. The van der Waals surface area contributed by atoms with Crippen molar-refractivity contribution in [3.8, 4) is 11.8 Å². The molecule has 0 saturated carbocycles. The Balaban J connectivity index is 2.86. The number of hydrogen-bond acceptors (Lipinski definition) is 3. The molecule has 0 radical (unpaired) electrons. The van der Waals surface area contributed by atoms with Crippen LogP contribution in [0.4, 0.5) is 0 Å². The third kappa shape index (κ3) is 4.82. The molecule has 1 aromatic rings. The van der Waals surface area contributed by atoms with Gasteiger partial charge in [-0.2, -0.15) is 0 Å². The van der Waals surface area contributed by atoms with Crippen LogP contribution in [0.5, 0.6) is 0 Å². The molecule has 0 aliphatic rings. The molecular weight excluding hydrogens is 242 g/mol. The predicted octanol–water partition coefficient (Wildman–Crippen LogP) is -0.0896. The highest BCUT2D eigenvalue weighted by atomic mass is 16.2. The van der Waals surface area contributed by atoms with Gasteiger partial charge < -0.3 is 16.8 Å². The molecule has 5 N–H and O–H groups in total. The van der Waals surface area contributed by atoms with E-state index in [2.05, 4.69) is 17.2 Å². The van der Waals surface area contributed by atoms with Crippen LogP contribution in [-0.2, 0) is 4.79 Å². The van der Waals surface area contributed by atoms with Gasteiger partial charge in [-0.15, -0.1) is 0 Å². The zero-order valence-electron chi connectivity index (χ0n) is 10.8. The maximum Gasteiger partial charge on any atom is 0.252 e. The first-order chi connectivity index (χ1) is 9.04. The van der Waals surface area contributed by atoms with Crippen molar-refractivity contribution in [2.45, 2.75) is 13.3 Å². The molecule has 0 heterocycles. The standard InChI is InChI=1S/C14H17N3O2/c1-10-4-5-12(11(9-10)3-2-7-15)14(19)17-8-6-13(16)18/h4-5,9H,6-8,15H2,1H3,(H2,16,18)(H,17,19). The minimum atomic E-state index is -0.452. The minimum absolute atomic E-state index is 0.113. The third-order valence-electron chi connectivity index (χ3n) is 2.40. The van der Waals surface area contributed by atoms with Crippen molar-refractivity contribution in [3.05, 3.63) is 34.9 Å². The van der Waals surface area contributed by atoms with E-state index < -0.39 is 5.91 Å². The van der Waals surface area contributed by atoms with E-state index in [9.17, 15) is 9.59 Å². The lowest BCUT2D eigenvalue weighted by molar-refractivity contribution is -0.117. The van der Waals surface area contributed by atoms with E-state index in [-0.39, 0.29) is 25.4 Å². The normalized spacial score (nSPS) is 9.37. The number of amides is 2. The van der Waals surface area contributed by atoms with E-state index in [4.69, 9.17) is 11.5 Å². The van der Waals surface area contributed by atoms with Gasteiger partial charge in [0.25, 0.3) is 5.91 Å². The van der Waals surface area contributed by atoms with Crippen molar-refractivity contribution in [1.82, 2.24) is 5.32 Å². The lowest BCUT2D eigenvalue weighted by Crippen LogP contribution is -2.28. The Hall–Kier alpha value is -2.32. The molecule has 0 fully saturated rings. The van der Waals surface area contributed by atoms with Crippen LogP contribution in [0.2, 0.25) is 0 Å². The Morgan fingerprint density at radius 2 is 2.11 bits per heavy atom. The van der Waals surface area contributed by atoms with E-state index in [0.717, 1.165) is 5.56 Å². The number of rotatable bonds is 4. The fraction of sp³-hybridized carbons (Fsp3) is 0.286. The third-order valence-corrected chi connectivity index (χ3v) is 2.40. The average molecular weight is 259 g/mol. The average Bonchev–Trinajstić information content (AvgIpc) is 2.35. The van der Waals surface area contributed by atoms with Crippen LogP contribution in [0.25, 0.3) is 0 Å². The number of primary amides is 1. The van der Waals surface area contributed by atoms with Crippen molar-refractivity contribution in [2.24, 2.45) is 11.5 Å². The number of carbonyl (C=O) groups excluding carboxylic acids is 2. The van der Waals surface area contributed by atoms with Gasteiger partial charge in [0.1, 0.15) is 0 Å². The highest BCUT2D eigenvalue weighted by Crippen LogP contribution is 2.10. The van der Waals surface area contributed by atoms with E-state index in [1.54, 1.807) is 6.07 Å². The second kappa shape index (κ2) is 7.19. The summed E-state index contributed by atoms with van der Waals surface area (Å²) < 4.78 is 0. The lowest BCUT2D eigenvalue weighted by Gasteiger charge is -2.07. The molecule has 5 heteroatoms. The van der Waals surface area contributed by atoms with Gasteiger partial charge in [-0.05, 0) is 24.6 Å². The van der Waals surface area contributed by atoms with Crippen LogP contribution >= 0.6 is 0 Å². The van der Waals surface area contributed by atoms with Gasteiger partial charge >= 0.3 is 0 Å². The summed E-state index contributed by atoms with van der Waals surface area (Å²) in [6.45, 7) is 2.37. The van der Waals surface area contributed by atoms with Gasteiger partial charge in [-0.1, -0.05) is 17.9 Å². The van der Waals surface area contributed by atoms with E-state index in [1.165, 1.54) is 0 Å².